The van der Waals surface area contributed by atoms with E-state index in [-0.39, 0.29) is 0 Å². The lowest BCUT2D eigenvalue weighted by Crippen LogP contribution is -1.91. The van der Waals surface area contributed by atoms with Crippen LogP contribution in [0.15, 0.2) is 94.1 Å². The molecule has 0 aliphatic heterocycles. The van der Waals surface area contributed by atoms with Crippen LogP contribution in [0.4, 0.5) is 0 Å². The summed E-state index contributed by atoms with van der Waals surface area (Å²) in [6, 6.07) is 24.8. The van der Waals surface area contributed by atoms with Gasteiger partial charge >= 0.3 is 0 Å². The molecule has 0 saturated heterocycles. The molecule has 2 nitrogen and oxygen atoms in total. The highest BCUT2D eigenvalue weighted by Crippen LogP contribution is 2.39. The first kappa shape index (κ1) is 17.5. The molecule has 2 heterocycles. The lowest BCUT2D eigenvalue weighted by atomic mass is 10.0. The summed E-state index contributed by atoms with van der Waals surface area (Å²) in [6.07, 6.45) is 3.84. The van der Waals surface area contributed by atoms with Gasteiger partial charge in [-0.15, -0.1) is 0 Å². The van der Waals surface area contributed by atoms with Crippen molar-refractivity contribution in [3.05, 3.63) is 94.1 Å². The van der Waals surface area contributed by atoms with Crippen LogP contribution in [-0.4, -0.2) is 9.97 Å². The molecule has 0 amide bonds. The lowest BCUT2D eigenvalue weighted by Gasteiger charge is -2.12. The van der Waals surface area contributed by atoms with Gasteiger partial charge in [0, 0.05) is 43.2 Å². The quantitative estimate of drug-likeness (QED) is 0.238. The van der Waals surface area contributed by atoms with E-state index in [0.29, 0.717) is 0 Å². The van der Waals surface area contributed by atoms with Gasteiger partial charge in [0.05, 0.1) is 11.0 Å². The van der Waals surface area contributed by atoms with Crippen LogP contribution in [0.2, 0.25) is 0 Å². The third kappa shape index (κ3) is 2.84. The van der Waals surface area contributed by atoms with E-state index in [9.17, 15) is 0 Å². The van der Waals surface area contributed by atoms with Crippen molar-refractivity contribution in [2.75, 3.05) is 0 Å². The first-order valence-corrected chi connectivity index (χ1v) is 10.5. The Kier molecular flexibility index (Phi) is 4.46. The van der Waals surface area contributed by atoms with E-state index in [2.05, 4.69) is 68.3 Å². The van der Waals surface area contributed by atoms with Crippen LogP contribution < -0.4 is 0 Å². The summed E-state index contributed by atoms with van der Waals surface area (Å²) >= 11 is 7.59. The fourth-order valence-electron chi connectivity index (χ4n) is 3.49. The van der Waals surface area contributed by atoms with Gasteiger partial charge in [-0.25, -0.2) is 0 Å². The van der Waals surface area contributed by atoms with E-state index in [1.54, 1.807) is 0 Å². The molecule has 0 bridgehead atoms. The molecule has 3 aromatic carbocycles. The van der Waals surface area contributed by atoms with Crippen molar-refractivity contribution in [2.24, 2.45) is 0 Å². The largest absolute Gasteiger partial charge is 0.253 e. The smallest absolute Gasteiger partial charge is 0.0976 e. The predicted octanol–water partition coefficient (Wildman–Crippen LogP) is 7.64. The number of halogens is 2. The second-order valence-electron chi connectivity index (χ2n) is 6.56. The molecule has 0 aliphatic carbocycles. The van der Waals surface area contributed by atoms with Gasteiger partial charge in [-0.2, -0.15) is 0 Å². The molecule has 2 aromatic heterocycles. The molecule has 4 heteroatoms. The van der Waals surface area contributed by atoms with Crippen LogP contribution in [0.3, 0.4) is 0 Å². The Bertz CT molecular complexity index is 1210. The highest BCUT2D eigenvalue weighted by Gasteiger charge is 2.14. The number of fused-ring (bicyclic) bond motifs is 3. The van der Waals surface area contributed by atoms with Crippen molar-refractivity contribution in [3.63, 3.8) is 0 Å². The van der Waals surface area contributed by atoms with E-state index >= 15 is 0 Å². The molecule has 0 N–H and O–H groups in total. The molecular weight excluding hydrogens is 476 g/mol. The first-order chi connectivity index (χ1) is 13.7. The minimum Gasteiger partial charge on any atom is -0.253 e. The van der Waals surface area contributed by atoms with Gasteiger partial charge in [0.25, 0.3) is 0 Å². The summed E-state index contributed by atoms with van der Waals surface area (Å²) < 4.78 is 2.08. The summed E-state index contributed by atoms with van der Waals surface area (Å²) in [5.41, 5.74) is 6.21. The topological polar surface area (TPSA) is 25.8 Å². The van der Waals surface area contributed by atoms with Gasteiger partial charge in [-0.05, 0) is 43.0 Å². The predicted molar refractivity (Wildman–Crippen MR) is 123 cm³/mol. The third-order valence-electron chi connectivity index (χ3n) is 4.91. The molecule has 28 heavy (non-hydrogen) atoms. The molecular formula is C24H14Br2N2. The minimum absolute atomic E-state index is 0.893. The molecule has 5 aromatic rings. The van der Waals surface area contributed by atoms with Gasteiger partial charge in [0.2, 0.25) is 0 Å². The zero-order valence-electron chi connectivity index (χ0n) is 14.7. The molecule has 0 spiro atoms. The summed E-state index contributed by atoms with van der Waals surface area (Å²) in [5.74, 6) is 0. The van der Waals surface area contributed by atoms with Gasteiger partial charge in [0.1, 0.15) is 0 Å². The normalized spacial score (nSPS) is 11.2. The van der Waals surface area contributed by atoms with Crippen LogP contribution in [0.25, 0.3) is 44.1 Å². The number of hydrogen-bond acceptors (Lipinski definition) is 2. The maximum Gasteiger partial charge on any atom is 0.0976 e. The average molecular weight is 490 g/mol. The Hall–Kier alpha value is -2.56. The fraction of sp³-hybridized carbons (Fsp3) is 0. The number of aromatic nitrogens is 2. The molecule has 134 valence electrons. The second kappa shape index (κ2) is 7.12. The Morgan fingerprint density at radius 1 is 0.500 bits per heavy atom. The second-order valence-corrected chi connectivity index (χ2v) is 8.15. The third-order valence-corrected chi connectivity index (χ3v) is 6.62. The SMILES string of the molecule is Brc1c(-c2ccccc2)cnc2c1ccc1c(Br)c(-c3ccccc3)cnc12. The molecule has 0 saturated carbocycles. The van der Waals surface area contributed by atoms with Crippen molar-refractivity contribution in [1.82, 2.24) is 9.97 Å². The summed E-state index contributed by atoms with van der Waals surface area (Å²) in [5, 5.41) is 2.11. The van der Waals surface area contributed by atoms with E-state index in [0.717, 1.165) is 53.0 Å². The number of hydrogen-bond donors (Lipinski definition) is 0. The van der Waals surface area contributed by atoms with Crippen molar-refractivity contribution in [3.8, 4) is 22.3 Å². The average Bonchev–Trinajstić information content (AvgIpc) is 2.75. The first-order valence-electron chi connectivity index (χ1n) is 8.90. The van der Waals surface area contributed by atoms with Crippen molar-refractivity contribution < 1.29 is 0 Å². The van der Waals surface area contributed by atoms with Crippen LogP contribution in [-0.2, 0) is 0 Å². The highest BCUT2D eigenvalue weighted by molar-refractivity contribution is 9.11. The molecule has 0 aliphatic rings. The molecule has 0 radical (unpaired) electrons. The highest BCUT2D eigenvalue weighted by atomic mass is 79.9. The van der Waals surface area contributed by atoms with Crippen LogP contribution in [0.1, 0.15) is 0 Å². The Balaban J connectivity index is 1.75. The summed E-state index contributed by atoms with van der Waals surface area (Å²) in [4.78, 5) is 9.55. The monoisotopic (exact) mass is 488 g/mol. The van der Waals surface area contributed by atoms with Crippen molar-refractivity contribution in [1.29, 1.82) is 0 Å². The fourth-order valence-corrected chi connectivity index (χ4v) is 4.80. The van der Waals surface area contributed by atoms with E-state index in [1.807, 2.05) is 48.8 Å². The Morgan fingerprint density at radius 3 is 1.29 bits per heavy atom. The minimum atomic E-state index is 0.893. The van der Waals surface area contributed by atoms with Gasteiger partial charge < -0.3 is 0 Å². The van der Waals surface area contributed by atoms with Crippen molar-refractivity contribution >= 4 is 53.7 Å². The molecule has 0 unspecified atom stereocenters. The van der Waals surface area contributed by atoms with Gasteiger partial charge in [0.15, 0.2) is 0 Å². The zero-order chi connectivity index (χ0) is 19.1. The number of pyridine rings is 2. The van der Waals surface area contributed by atoms with Crippen LogP contribution >= 0.6 is 31.9 Å². The van der Waals surface area contributed by atoms with E-state index in [1.165, 1.54) is 0 Å². The number of rotatable bonds is 2. The van der Waals surface area contributed by atoms with Crippen LogP contribution in [0.5, 0.6) is 0 Å². The van der Waals surface area contributed by atoms with Crippen LogP contribution in [0, 0.1) is 0 Å². The molecule has 5 rings (SSSR count). The Morgan fingerprint density at radius 2 is 0.893 bits per heavy atom. The number of benzene rings is 3. The maximum atomic E-state index is 4.78. The summed E-state index contributed by atoms with van der Waals surface area (Å²) in [6.45, 7) is 0. The van der Waals surface area contributed by atoms with Gasteiger partial charge in [-0.1, -0.05) is 72.8 Å². The Labute approximate surface area is 179 Å². The van der Waals surface area contributed by atoms with Crippen molar-refractivity contribution in [2.45, 2.75) is 0 Å². The lowest BCUT2D eigenvalue weighted by molar-refractivity contribution is 1.36. The zero-order valence-corrected chi connectivity index (χ0v) is 17.9. The molecule has 0 fully saturated rings. The van der Waals surface area contributed by atoms with E-state index < -0.39 is 0 Å². The summed E-state index contributed by atoms with van der Waals surface area (Å²) in [7, 11) is 0. The maximum absolute atomic E-state index is 4.78. The van der Waals surface area contributed by atoms with E-state index in [4.69, 9.17) is 9.97 Å². The standard InChI is InChI=1S/C24H14Br2N2/c25-21-17-11-12-18-22(26)20(16-9-5-2-6-10-16)14-28-24(18)23(17)27-13-19(21)15-7-3-1-4-8-15/h1-14H. The molecule has 0 atom stereocenters. The van der Waals surface area contributed by atoms with Gasteiger partial charge in [-0.3, -0.25) is 9.97 Å². The number of nitrogens with zero attached hydrogens (tertiary/aromatic N) is 2.